The smallest absolute Gasteiger partial charge is 0.145 e. The lowest BCUT2D eigenvalue weighted by Crippen LogP contribution is -2.32. The Labute approximate surface area is 140 Å². The van der Waals surface area contributed by atoms with Gasteiger partial charge in [-0.3, -0.25) is 0 Å². The lowest BCUT2D eigenvalue weighted by Gasteiger charge is -2.27. The number of pyridine rings is 1. The van der Waals surface area contributed by atoms with E-state index < -0.39 is 0 Å². The van der Waals surface area contributed by atoms with Crippen LogP contribution in [0.4, 0.5) is 5.82 Å². The summed E-state index contributed by atoms with van der Waals surface area (Å²) in [5, 5.41) is 17.8. The summed E-state index contributed by atoms with van der Waals surface area (Å²) in [7, 11) is 0. The summed E-state index contributed by atoms with van der Waals surface area (Å²) < 4.78 is 1.91. The molecule has 3 heterocycles. The minimum Gasteiger partial charge on any atom is -0.350 e. The molecule has 118 valence electrons. The Morgan fingerprint density at radius 3 is 2.75 bits per heavy atom. The van der Waals surface area contributed by atoms with Gasteiger partial charge in [-0.25, -0.2) is 9.67 Å². The summed E-state index contributed by atoms with van der Waals surface area (Å²) in [5.41, 5.74) is 4.51. The number of para-hydroxylation sites is 1. The predicted octanol–water partition coefficient (Wildman–Crippen LogP) is 2.41. The first-order chi connectivity index (χ1) is 11.8. The summed E-state index contributed by atoms with van der Waals surface area (Å²) in [4.78, 5) is 6.61. The first-order valence-corrected chi connectivity index (χ1v) is 7.88. The summed E-state index contributed by atoms with van der Waals surface area (Å²) in [6.45, 7) is 3.38. The van der Waals surface area contributed by atoms with Crippen molar-refractivity contribution < 1.29 is 0 Å². The molecule has 0 unspecified atom stereocenters. The van der Waals surface area contributed by atoms with Crippen molar-refractivity contribution in [3.05, 3.63) is 65.1 Å². The second-order valence-electron chi connectivity index (χ2n) is 5.85. The number of aromatic nitrogens is 4. The van der Waals surface area contributed by atoms with Crippen molar-refractivity contribution in [1.82, 2.24) is 20.0 Å². The predicted molar refractivity (Wildman–Crippen MR) is 89.8 cm³/mol. The molecule has 6 heteroatoms. The van der Waals surface area contributed by atoms with E-state index in [2.05, 4.69) is 26.3 Å². The average molecular weight is 316 g/mol. The molecule has 24 heavy (non-hydrogen) atoms. The Hall–Kier alpha value is -3.20. The van der Waals surface area contributed by atoms with Crippen LogP contribution in [0, 0.1) is 18.3 Å². The summed E-state index contributed by atoms with van der Waals surface area (Å²) in [5.74, 6) is 0.817. The minimum absolute atomic E-state index is 0.478. The van der Waals surface area contributed by atoms with Crippen LogP contribution in [0.25, 0.3) is 5.69 Å². The Kier molecular flexibility index (Phi) is 3.47. The molecule has 1 aromatic carbocycles. The molecular weight excluding hydrogens is 300 g/mol. The molecule has 4 rings (SSSR count). The van der Waals surface area contributed by atoms with Crippen LogP contribution in [-0.2, 0) is 13.0 Å². The van der Waals surface area contributed by atoms with Crippen LogP contribution in [0.1, 0.15) is 22.6 Å². The van der Waals surface area contributed by atoms with Gasteiger partial charge in [-0.15, -0.1) is 5.10 Å². The van der Waals surface area contributed by atoms with E-state index in [0.717, 1.165) is 41.4 Å². The van der Waals surface area contributed by atoms with Crippen molar-refractivity contribution in [2.75, 3.05) is 11.4 Å². The quantitative estimate of drug-likeness (QED) is 0.726. The first kappa shape index (κ1) is 14.4. The second-order valence-corrected chi connectivity index (χ2v) is 5.85. The summed E-state index contributed by atoms with van der Waals surface area (Å²) >= 11 is 0. The second kappa shape index (κ2) is 5.78. The molecule has 3 aromatic rings. The largest absolute Gasteiger partial charge is 0.350 e. The molecule has 2 aromatic heterocycles. The third kappa shape index (κ3) is 2.40. The van der Waals surface area contributed by atoms with Gasteiger partial charge in [0.15, 0.2) is 0 Å². The van der Waals surface area contributed by atoms with Gasteiger partial charge in [0.2, 0.25) is 0 Å². The molecule has 0 aliphatic carbocycles. The zero-order chi connectivity index (χ0) is 16.5. The number of aryl methyl sites for hydroxylation is 1. The zero-order valence-corrected chi connectivity index (χ0v) is 13.3. The van der Waals surface area contributed by atoms with Gasteiger partial charge < -0.3 is 4.90 Å². The fraction of sp³-hybridized carbons (Fsp3) is 0.222. The molecular formula is C18H16N6. The molecule has 0 spiro atoms. The molecule has 0 N–H and O–H groups in total. The van der Waals surface area contributed by atoms with Crippen molar-refractivity contribution >= 4 is 5.82 Å². The Morgan fingerprint density at radius 2 is 1.96 bits per heavy atom. The van der Waals surface area contributed by atoms with Gasteiger partial charge in [0, 0.05) is 13.0 Å². The highest BCUT2D eigenvalue weighted by Gasteiger charge is 2.24. The highest BCUT2D eigenvalue weighted by Crippen LogP contribution is 2.24. The molecule has 1 aliphatic rings. The van der Waals surface area contributed by atoms with Crippen molar-refractivity contribution in [3.63, 3.8) is 0 Å². The van der Waals surface area contributed by atoms with Crippen molar-refractivity contribution in [2.24, 2.45) is 0 Å². The number of nitriles is 1. The number of nitrogens with zero attached hydrogens (tertiary/aromatic N) is 6. The molecule has 0 atom stereocenters. The van der Waals surface area contributed by atoms with Gasteiger partial charge in [0.1, 0.15) is 23.3 Å². The number of benzene rings is 1. The van der Waals surface area contributed by atoms with Crippen LogP contribution in [0.5, 0.6) is 0 Å². The molecule has 1 aliphatic heterocycles. The van der Waals surface area contributed by atoms with E-state index in [0.29, 0.717) is 12.2 Å². The van der Waals surface area contributed by atoms with Crippen molar-refractivity contribution in [3.8, 4) is 11.8 Å². The zero-order valence-electron chi connectivity index (χ0n) is 13.3. The number of anilines is 1. The van der Waals surface area contributed by atoms with Crippen molar-refractivity contribution in [1.29, 1.82) is 5.26 Å². The Balaban J connectivity index is 1.64. The maximum absolute atomic E-state index is 9.17. The molecule has 0 saturated heterocycles. The average Bonchev–Trinajstić information content (AvgIpc) is 3.06. The van der Waals surface area contributed by atoms with E-state index in [1.54, 1.807) is 0 Å². The highest BCUT2D eigenvalue weighted by atomic mass is 15.4. The van der Waals surface area contributed by atoms with Crippen LogP contribution < -0.4 is 4.90 Å². The van der Waals surface area contributed by atoms with Crippen LogP contribution in [0.15, 0.2) is 42.5 Å². The molecule has 0 saturated carbocycles. The standard InChI is InChI=1S/C18H16N6/c1-13-7-8-18(20-15(13)11-19)23-10-9-17-16(12-23)21-22-24(17)14-5-3-2-4-6-14/h2-8H,9-10,12H2,1H3. The monoisotopic (exact) mass is 316 g/mol. The molecule has 0 fully saturated rings. The van der Waals surface area contributed by atoms with E-state index >= 15 is 0 Å². The normalized spacial score (nSPS) is 13.4. The van der Waals surface area contributed by atoms with E-state index in [1.807, 2.05) is 54.1 Å². The fourth-order valence-corrected chi connectivity index (χ4v) is 2.99. The number of hydrogen-bond donors (Lipinski definition) is 0. The lowest BCUT2D eigenvalue weighted by atomic mass is 10.1. The van der Waals surface area contributed by atoms with Gasteiger partial charge in [-0.1, -0.05) is 29.5 Å². The van der Waals surface area contributed by atoms with E-state index in [9.17, 15) is 5.26 Å². The van der Waals surface area contributed by atoms with Crippen molar-refractivity contribution in [2.45, 2.75) is 19.9 Å². The molecule has 0 bridgehead atoms. The van der Waals surface area contributed by atoms with E-state index in [-0.39, 0.29) is 0 Å². The van der Waals surface area contributed by atoms with Crippen LogP contribution in [-0.4, -0.2) is 26.5 Å². The van der Waals surface area contributed by atoms with Gasteiger partial charge in [-0.2, -0.15) is 5.26 Å². The summed E-state index contributed by atoms with van der Waals surface area (Å²) in [6, 6.07) is 16.1. The maximum Gasteiger partial charge on any atom is 0.145 e. The summed E-state index contributed by atoms with van der Waals surface area (Å²) in [6.07, 6.45) is 0.842. The number of rotatable bonds is 2. The third-order valence-electron chi connectivity index (χ3n) is 4.32. The van der Waals surface area contributed by atoms with Crippen LogP contribution >= 0.6 is 0 Å². The van der Waals surface area contributed by atoms with E-state index in [4.69, 9.17) is 0 Å². The van der Waals surface area contributed by atoms with E-state index in [1.165, 1.54) is 0 Å². The van der Waals surface area contributed by atoms with Gasteiger partial charge >= 0.3 is 0 Å². The lowest BCUT2D eigenvalue weighted by molar-refractivity contribution is 0.685. The number of fused-ring (bicyclic) bond motifs is 1. The van der Waals surface area contributed by atoms with Crippen LogP contribution in [0.3, 0.4) is 0 Å². The maximum atomic E-state index is 9.17. The van der Waals surface area contributed by atoms with Gasteiger partial charge in [-0.05, 0) is 30.7 Å². The molecule has 6 nitrogen and oxygen atoms in total. The molecule has 0 radical (unpaired) electrons. The first-order valence-electron chi connectivity index (χ1n) is 7.88. The van der Waals surface area contributed by atoms with Gasteiger partial charge in [0.05, 0.1) is 17.9 Å². The third-order valence-corrected chi connectivity index (χ3v) is 4.32. The topological polar surface area (TPSA) is 70.6 Å². The van der Waals surface area contributed by atoms with Crippen LogP contribution in [0.2, 0.25) is 0 Å². The minimum atomic E-state index is 0.478. The Morgan fingerprint density at radius 1 is 1.12 bits per heavy atom. The SMILES string of the molecule is Cc1ccc(N2CCc3c(nnn3-c3ccccc3)C2)nc1C#N. The Bertz CT molecular complexity index is 922. The number of hydrogen-bond acceptors (Lipinski definition) is 5. The van der Waals surface area contributed by atoms with Gasteiger partial charge in [0.25, 0.3) is 0 Å². The fourth-order valence-electron chi connectivity index (χ4n) is 2.99. The highest BCUT2D eigenvalue weighted by molar-refractivity contribution is 5.47. The molecule has 0 amide bonds.